The van der Waals surface area contributed by atoms with Gasteiger partial charge in [-0.15, -0.1) is 0 Å². The fourth-order valence-corrected chi connectivity index (χ4v) is 2.68. The van der Waals surface area contributed by atoms with Gasteiger partial charge >= 0.3 is 0 Å². The van der Waals surface area contributed by atoms with Gasteiger partial charge in [0.15, 0.2) is 0 Å². The van der Waals surface area contributed by atoms with Crippen molar-refractivity contribution in [1.29, 1.82) is 0 Å². The lowest BCUT2D eigenvalue weighted by atomic mass is 9.93. The zero-order valence-electron chi connectivity index (χ0n) is 12.2. The van der Waals surface area contributed by atoms with Crippen LogP contribution >= 0.6 is 0 Å². The maximum atomic E-state index is 10.9. The molecule has 2 rings (SSSR count). The molecule has 0 aromatic carbocycles. The molecule has 3 N–H and O–H groups in total. The highest BCUT2D eigenvalue weighted by molar-refractivity contribution is 5.75. The van der Waals surface area contributed by atoms with Crippen LogP contribution in [0.2, 0.25) is 0 Å². The number of hydrogen-bond acceptors (Lipinski definition) is 5. The molecule has 110 valence electrons. The molecule has 0 saturated carbocycles. The van der Waals surface area contributed by atoms with E-state index >= 15 is 0 Å². The number of aryl methyl sites for hydroxylation is 1. The molecule has 0 radical (unpaired) electrons. The number of hydrogen-bond donors (Lipinski definition) is 2. The van der Waals surface area contributed by atoms with Crippen LogP contribution in [0.3, 0.4) is 0 Å². The number of primary amides is 1. The highest BCUT2D eigenvalue weighted by Crippen LogP contribution is 2.20. The molecule has 1 aliphatic rings. The summed E-state index contributed by atoms with van der Waals surface area (Å²) in [6.07, 6.45) is 3.04. The summed E-state index contributed by atoms with van der Waals surface area (Å²) >= 11 is 0. The number of carbonyl (C=O) groups excluding carboxylic acids is 1. The van der Waals surface area contributed by atoms with Crippen molar-refractivity contribution in [3.05, 3.63) is 17.6 Å². The summed E-state index contributed by atoms with van der Waals surface area (Å²) in [5.41, 5.74) is 6.21. The van der Waals surface area contributed by atoms with Gasteiger partial charge in [0, 0.05) is 25.2 Å². The van der Waals surface area contributed by atoms with Gasteiger partial charge in [0.05, 0.1) is 6.54 Å². The van der Waals surface area contributed by atoms with E-state index in [2.05, 4.69) is 20.2 Å². The normalized spacial score (nSPS) is 17.1. The van der Waals surface area contributed by atoms with Crippen LogP contribution in [0.4, 0.5) is 5.82 Å². The number of carbonyl (C=O) groups is 1. The molecule has 1 saturated heterocycles. The summed E-state index contributed by atoms with van der Waals surface area (Å²) in [6.45, 7) is 4.22. The summed E-state index contributed by atoms with van der Waals surface area (Å²) in [6, 6.07) is 1.94. The van der Waals surface area contributed by atoms with Crippen molar-refractivity contribution in [2.24, 2.45) is 11.7 Å². The molecule has 1 aromatic heterocycles. The molecule has 0 atom stereocenters. The smallest absolute Gasteiger partial charge is 0.231 e. The van der Waals surface area contributed by atoms with E-state index in [1.165, 1.54) is 0 Å². The van der Waals surface area contributed by atoms with E-state index in [-0.39, 0.29) is 5.91 Å². The third-order valence-electron chi connectivity index (χ3n) is 3.71. The number of piperidine rings is 1. The Kier molecular flexibility index (Phi) is 4.89. The fourth-order valence-electron chi connectivity index (χ4n) is 2.68. The summed E-state index contributed by atoms with van der Waals surface area (Å²) < 4.78 is 0. The second-order valence-corrected chi connectivity index (χ2v) is 5.45. The van der Waals surface area contributed by atoms with E-state index in [0.29, 0.717) is 12.5 Å². The third kappa shape index (κ3) is 4.16. The highest BCUT2D eigenvalue weighted by Gasteiger charge is 2.21. The molecule has 1 amide bonds. The molecule has 0 bridgehead atoms. The Morgan fingerprint density at radius 3 is 2.75 bits per heavy atom. The second-order valence-electron chi connectivity index (χ2n) is 5.45. The lowest BCUT2D eigenvalue weighted by molar-refractivity contribution is -0.119. The first-order valence-corrected chi connectivity index (χ1v) is 7.10. The Labute approximate surface area is 119 Å². The van der Waals surface area contributed by atoms with Gasteiger partial charge in [0.2, 0.25) is 5.91 Å². The minimum atomic E-state index is -0.246. The molecule has 0 spiro atoms. The van der Waals surface area contributed by atoms with Crippen LogP contribution in [-0.4, -0.2) is 47.5 Å². The van der Waals surface area contributed by atoms with E-state index in [1.54, 1.807) is 0 Å². The topological polar surface area (TPSA) is 84.1 Å². The van der Waals surface area contributed by atoms with E-state index < -0.39 is 0 Å². The average Bonchev–Trinajstić information content (AvgIpc) is 2.39. The Bertz CT molecular complexity index is 469. The van der Waals surface area contributed by atoms with Crippen molar-refractivity contribution in [3.63, 3.8) is 0 Å². The van der Waals surface area contributed by atoms with Gasteiger partial charge in [-0.1, -0.05) is 0 Å². The molecule has 1 aromatic rings. The zero-order chi connectivity index (χ0) is 14.5. The van der Waals surface area contributed by atoms with Crippen molar-refractivity contribution >= 4 is 11.7 Å². The summed E-state index contributed by atoms with van der Waals surface area (Å²) in [5, 5.41) is 3.06. The average molecular weight is 277 g/mol. The molecule has 6 nitrogen and oxygen atoms in total. The molecule has 6 heteroatoms. The quantitative estimate of drug-likeness (QED) is 0.822. The maximum absolute atomic E-state index is 10.9. The minimum absolute atomic E-state index is 0.246. The summed E-state index contributed by atoms with van der Waals surface area (Å²) in [5.74, 6) is 2.12. The lowest BCUT2D eigenvalue weighted by Gasteiger charge is -2.30. The van der Waals surface area contributed by atoms with Gasteiger partial charge in [-0.3, -0.25) is 9.69 Å². The van der Waals surface area contributed by atoms with Gasteiger partial charge in [-0.25, -0.2) is 9.97 Å². The highest BCUT2D eigenvalue weighted by atomic mass is 16.1. The largest absolute Gasteiger partial charge is 0.373 e. The van der Waals surface area contributed by atoms with E-state index in [0.717, 1.165) is 49.7 Å². The van der Waals surface area contributed by atoms with Crippen molar-refractivity contribution < 1.29 is 4.79 Å². The number of nitrogens with one attached hydrogen (secondary N) is 1. The van der Waals surface area contributed by atoms with Crippen molar-refractivity contribution in [2.45, 2.75) is 26.2 Å². The van der Waals surface area contributed by atoms with E-state index in [1.807, 2.05) is 20.0 Å². The molecular formula is C14H23N5O. The predicted molar refractivity (Wildman–Crippen MR) is 78.4 cm³/mol. The second kappa shape index (κ2) is 6.65. The van der Waals surface area contributed by atoms with Gasteiger partial charge in [-0.05, 0) is 38.8 Å². The first-order valence-electron chi connectivity index (χ1n) is 7.10. The Morgan fingerprint density at radius 2 is 2.15 bits per heavy atom. The van der Waals surface area contributed by atoms with Crippen LogP contribution in [0.25, 0.3) is 0 Å². The number of nitrogens with zero attached hydrogens (tertiary/aromatic N) is 3. The van der Waals surface area contributed by atoms with Crippen LogP contribution in [0.1, 0.15) is 24.4 Å². The molecule has 0 unspecified atom stereocenters. The van der Waals surface area contributed by atoms with Gasteiger partial charge in [-0.2, -0.15) is 0 Å². The maximum Gasteiger partial charge on any atom is 0.231 e. The SMILES string of the molecule is CNc1cc(C)nc(CC2CCN(CC(N)=O)CC2)n1. The van der Waals surface area contributed by atoms with Crippen molar-refractivity contribution in [1.82, 2.24) is 14.9 Å². The summed E-state index contributed by atoms with van der Waals surface area (Å²) in [4.78, 5) is 22.0. The van der Waals surface area contributed by atoms with Crippen LogP contribution in [-0.2, 0) is 11.2 Å². The molecule has 1 fully saturated rings. The van der Waals surface area contributed by atoms with E-state index in [4.69, 9.17) is 5.73 Å². The molecule has 20 heavy (non-hydrogen) atoms. The van der Waals surface area contributed by atoms with Gasteiger partial charge in [0.25, 0.3) is 0 Å². The van der Waals surface area contributed by atoms with E-state index in [9.17, 15) is 4.79 Å². The number of aromatic nitrogens is 2. The monoisotopic (exact) mass is 277 g/mol. The molecular weight excluding hydrogens is 254 g/mol. The lowest BCUT2D eigenvalue weighted by Crippen LogP contribution is -2.40. The number of anilines is 1. The van der Waals surface area contributed by atoms with Crippen LogP contribution < -0.4 is 11.1 Å². The Morgan fingerprint density at radius 1 is 1.45 bits per heavy atom. The van der Waals surface area contributed by atoms with Crippen LogP contribution in [0, 0.1) is 12.8 Å². The minimum Gasteiger partial charge on any atom is -0.373 e. The van der Waals surface area contributed by atoms with Crippen LogP contribution in [0.5, 0.6) is 0 Å². The van der Waals surface area contributed by atoms with Gasteiger partial charge in [0.1, 0.15) is 11.6 Å². The number of rotatable bonds is 5. The van der Waals surface area contributed by atoms with Crippen molar-refractivity contribution in [3.8, 4) is 0 Å². The molecule has 0 aliphatic carbocycles. The number of likely N-dealkylation sites (tertiary alicyclic amines) is 1. The first kappa shape index (κ1) is 14.7. The van der Waals surface area contributed by atoms with Crippen molar-refractivity contribution in [2.75, 3.05) is 32.0 Å². The predicted octanol–water partition coefficient (Wildman–Crippen LogP) is 0.567. The molecule has 2 heterocycles. The standard InChI is InChI=1S/C14H23N5O/c1-10-7-13(16-2)18-14(17-10)8-11-3-5-19(6-4-11)9-12(15)20/h7,11H,3-6,8-9H2,1-2H3,(H2,15,20)(H,16,17,18). The van der Waals surface area contributed by atoms with Crippen LogP contribution in [0.15, 0.2) is 6.07 Å². The fraction of sp³-hybridized carbons (Fsp3) is 0.643. The van der Waals surface area contributed by atoms with Gasteiger partial charge < -0.3 is 11.1 Å². The zero-order valence-corrected chi connectivity index (χ0v) is 12.2. The summed E-state index contributed by atoms with van der Waals surface area (Å²) in [7, 11) is 1.87. The molecule has 1 aliphatic heterocycles. The third-order valence-corrected chi connectivity index (χ3v) is 3.71. The Hall–Kier alpha value is -1.69. The number of amides is 1. The number of nitrogens with two attached hydrogens (primary N) is 1. The first-order chi connectivity index (χ1) is 9.56. The Balaban J connectivity index is 1.89.